The van der Waals surface area contributed by atoms with E-state index in [-0.39, 0.29) is 5.91 Å². The van der Waals surface area contributed by atoms with E-state index in [0.29, 0.717) is 18.8 Å². The molecule has 0 aliphatic heterocycles. The molecule has 5 nitrogen and oxygen atoms in total. The summed E-state index contributed by atoms with van der Waals surface area (Å²) in [6.45, 7) is 1.20. The van der Waals surface area contributed by atoms with E-state index >= 15 is 0 Å². The molecule has 0 saturated carbocycles. The Bertz CT molecular complexity index is 281. The summed E-state index contributed by atoms with van der Waals surface area (Å²) in [6.07, 6.45) is 3.93. The van der Waals surface area contributed by atoms with Crippen LogP contribution in [0.3, 0.4) is 0 Å². The molecule has 0 aliphatic carbocycles. The fraction of sp³-hybridized carbons (Fsp3) is 0.500. The highest BCUT2D eigenvalue weighted by molar-refractivity contribution is 5.92. The molecule has 5 heteroatoms. The molecule has 3 N–H and O–H groups in total. The Balaban J connectivity index is 2.45. The zero-order chi connectivity index (χ0) is 9.68. The van der Waals surface area contributed by atoms with Crippen LogP contribution in [-0.2, 0) is 7.05 Å². The summed E-state index contributed by atoms with van der Waals surface area (Å²) in [7, 11) is 1.78. The molecule has 1 aromatic rings. The van der Waals surface area contributed by atoms with Crippen molar-refractivity contribution >= 4 is 5.91 Å². The Labute approximate surface area is 76.9 Å². The molecule has 0 aromatic carbocycles. The minimum absolute atomic E-state index is 0.103. The van der Waals surface area contributed by atoms with Crippen LogP contribution in [0.5, 0.6) is 0 Å². The molecule has 0 saturated heterocycles. The maximum atomic E-state index is 11.4. The number of carbonyl (C=O) groups is 1. The summed E-state index contributed by atoms with van der Waals surface area (Å²) >= 11 is 0. The van der Waals surface area contributed by atoms with Gasteiger partial charge in [0.15, 0.2) is 0 Å². The average molecular weight is 182 g/mol. The average Bonchev–Trinajstić information content (AvgIpc) is 2.52. The number of nitrogens with zero attached hydrogens (tertiary/aromatic N) is 2. The van der Waals surface area contributed by atoms with Crippen LogP contribution in [0.4, 0.5) is 0 Å². The highest BCUT2D eigenvalue weighted by Gasteiger charge is 2.07. The molecule has 0 bridgehead atoms. The van der Waals surface area contributed by atoms with Crippen molar-refractivity contribution in [1.29, 1.82) is 0 Å². The summed E-state index contributed by atoms with van der Waals surface area (Å²) in [5.41, 5.74) is 5.86. The van der Waals surface area contributed by atoms with Crippen LogP contribution in [0, 0.1) is 0 Å². The number of hydrogen-bond donors (Lipinski definition) is 2. The van der Waals surface area contributed by atoms with Gasteiger partial charge in [-0.1, -0.05) is 0 Å². The number of nitrogens with two attached hydrogens (primary N) is 1. The normalized spacial score (nSPS) is 10.0. The van der Waals surface area contributed by atoms with E-state index in [1.165, 1.54) is 6.20 Å². The van der Waals surface area contributed by atoms with Crippen LogP contribution in [0.25, 0.3) is 0 Å². The summed E-state index contributed by atoms with van der Waals surface area (Å²) in [5, 5.41) is 2.75. The van der Waals surface area contributed by atoms with E-state index in [1.807, 2.05) is 0 Å². The van der Waals surface area contributed by atoms with Crippen molar-refractivity contribution in [3.8, 4) is 0 Å². The maximum absolute atomic E-state index is 11.4. The van der Waals surface area contributed by atoms with E-state index in [2.05, 4.69) is 10.3 Å². The number of amides is 1. The second-order valence-electron chi connectivity index (χ2n) is 2.79. The van der Waals surface area contributed by atoms with Gasteiger partial charge >= 0.3 is 0 Å². The molecule has 1 amide bonds. The van der Waals surface area contributed by atoms with Crippen LogP contribution in [-0.4, -0.2) is 28.5 Å². The van der Waals surface area contributed by atoms with Gasteiger partial charge in [0.1, 0.15) is 5.69 Å². The fourth-order valence-corrected chi connectivity index (χ4v) is 0.971. The molecule has 1 heterocycles. The molecular weight excluding hydrogens is 168 g/mol. The number of aryl methyl sites for hydroxylation is 1. The summed E-state index contributed by atoms with van der Waals surface area (Å²) < 4.78 is 1.68. The third kappa shape index (κ3) is 2.55. The van der Waals surface area contributed by atoms with Gasteiger partial charge in [0.05, 0.1) is 12.5 Å². The molecule has 0 fully saturated rings. The monoisotopic (exact) mass is 182 g/mol. The standard InChI is InChI=1S/C8H14N4O/c1-12-6-10-5-7(12)8(13)11-4-2-3-9/h5-6H,2-4,9H2,1H3,(H,11,13). The fourth-order valence-electron chi connectivity index (χ4n) is 0.971. The quantitative estimate of drug-likeness (QED) is 0.616. The van der Waals surface area contributed by atoms with Gasteiger partial charge in [0.2, 0.25) is 0 Å². The lowest BCUT2D eigenvalue weighted by molar-refractivity contribution is 0.0945. The first kappa shape index (κ1) is 9.73. The molecule has 1 aromatic heterocycles. The lowest BCUT2D eigenvalue weighted by Gasteiger charge is -2.03. The topological polar surface area (TPSA) is 72.9 Å². The predicted octanol–water partition coefficient (Wildman–Crippen LogP) is -0.501. The second-order valence-corrected chi connectivity index (χ2v) is 2.79. The zero-order valence-electron chi connectivity index (χ0n) is 7.66. The molecule has 72 valence electrons. The molecule has 0 unspecified atom stereocenters. The van der Waals surface area contributed by atoms with Crippen molar-refractivity contribution in [3.05, 3.63) is 18.2 Å². The number of hydrogen-bond acceptors (Lipinski definition) is 3. The van der Waals surface area contributed by atoms with E-state index in [0.717, 1.165) is 6.42 Å². The van der Waals surface area contributed by atoms with Gasteiger partial charge in [-0.05, 0) is 13.0 Å². The molecular formula is C8H14N4O. The van der Waals surface area contributed by atoms with Gasteiger partial charge < -0.3 is 15.6 Å². The van der Waals surface area contributed by atoms with Crippen molar-refractivity contribution in [3.63, 3.8) is 0 Å². The minimum atomic E-state index is -0.103. The molecule has 0 spiro atoms. The Morgan fingerprint density at radius 1 is 1.77 bits per heavy atom. The number of nitrogens with one attached hydrogen (secondary N) is 1. The van der Waals surface area contributed by atoms with Crippen LogP contribution >= 0.6 is 0 Å². The number of carbonyl (C=O) groups excluding carboxylic acids is 1. The van der Waals surface area contributed by atoms with Crippen LogP contribution in [0.15, 0.2) is 12.5 Å². The largest absolute Gasteiger partial charge is 0.351 e. The van der Waals surface area contributed by atoms with Crippen molar-refractivity contribution in [1.82, 2.24) is 14.9 Å². The molecule has 0 radical (unpaired) electrons. The van der Waals surface area contributed by atoms with Crippen molar-refractivity contribution < 1.29 is 4.79 Å². The van der Waals surface area contributed by atoms with Crippen LogP contribution < -0.4 is 11.1 Å². The summed E-state index contributed by atoms with van der Waals surface area (Å²) in [6, 6.07) is 0. The van der Waals surface area contributed by atoms with Gasteiger partial charge in [-0.15, -0.1) is 0 Å². The van der Waals surface area contributed by atoms with E-state index in [9.17, 15) is 4.79 Å². The van der Waals surface area contributed by atoms with Crippen molar-refractivity contribution in [2.24, 2.45) is 12.8 Å². The van der Waals surface area contributed by atoms with Crippen molar-refractivity contribution in [2.45, 2.75) is 6.42 Å². The predicted molar refractivity (Wildman–Crippen MR) is 49.2 cm³/mol. The van der Waals surface area contributed by atoms with Crippen molar-refractivity contribution in [2.75, 3.05) is 13.1 Å². The SMILES string of the molecule is Cn1cncc1C(=O)NCCCN. The van der Waals surface area contributed by atoms with Gasteiger partial charge in [-0.25, -0.2) is 4.98 Å². The highest BCUT2D eigenvalue weighted by atomic mass is 16.1. The minimum Gasteiger partial charge on any atom is -0.351 e. The summed E-state index contributed by atoms with van der Waals surface area (Å²) in [5.74, 6) is -0.103. The molecule has 1 rings (SSSR count). The van der Waals surface area contributed by atoms with Gasteiger partial charge in [-0.3, -0.25) is 4.79 Å². The van der Waals surface area contributed by atoms with Gasteiger partial charge in [0, 0.05) is 13.6 Å². The van der Waals surface area contributed by atoms with Gasteiger partial charge in [-0.2, -0.15) is 0 Å². The van der Waals surface area contributed by atoms with E-state index in [1.54, 1.807) is 17.9 Å². The third-order valence-corrected chi connectivity index (χ3v) is 1.72. The lowest BCUT2D eigenvalue weighted by atomic mass is 10.4. The highest BCUT2D eigenvalue weighted by Crippen LogP contribution is 1.94. The Morgan fingerprint density at radius 3 is 3.08 bits per heavy atom. The first-order valence-corrected chi connectivity index (χ1v) is 4.20. The van der Waals surface area contributed by atoms with Crippen LogP contribution in [0.1, 0.15) is 16.9 Å². The second kappa shape index (κ2) is 4.61. The molecule has 0 aliphatic rings. The number of rotatable bonds is 4. The van der Waals surface area contributed by atoms with E-state index in [4.69, 9.17) is 5.73 Å². The Kier molecular flexibility index (Phi) is 3.45. The third-order valence-electron chi connectivity index (χ3n) is 1.72. The Hall–Kier alpha value is -1.36. The smallest absolute Gasteiger partial charge is 0.269 e. The van der Waals surface area contributed by atoms with E-state index < -0.39 is 0 Å². The first-order valence-electron chi connectivity index (χ1n) is 4.20. The zero-order valence-corrected chi connectivity index (χ0v) is 7.66. The number of aromatic nitrogens is 2. The maximum Gasteiger partial charge on any atom is 0.269 e. The summed E-state index contributed by atoms with van der Waals surface area (Å²) in [4.78, 5) is 15.2. The Morgan fingerprint density at radius 2 is 2.54 bits per heavy atom. The number of imidazole rings is 1. The first-order chi connectivity index (χ1) is 6.25. The molecule has 13 heavy (non-hydrogen) atoms. The molecule has 0 atom stereocenters. The van der Waals surface area contributed by atoms with Gasteiger partial charge in [0.25, 0.3) is 5.91 Å². The van der Waals surface area contributed by atoms with Crippen LogP contribution in [0.2, 0.25) is 0 Å². The lowest BCUT2D eigenvalue weighted by Crippen LogP contribution is -2.27.